The minimum atomic E-state index is -0.552. The summed E-state index contributed by atoms with van der Waals surface area (Å²) in [7, 11) is 1.43. The lowest BCUT2D eigenvalue weighted by molar-refractivity contribution is -0.385. The van der Waals surface area contributed by atoms with E-state index in [0.717, 1.165) is 0 Å². The van der Waals surface area contributed by atoms with Crippen molar-refractivity contribution in [3.63, 3.8) is 0 Å². The third-order valence-corrected chi connectivity index (χ3v) is 3.35. The van der Waals surface area contributed by atoms with Gasteiger partial charge in [-0.15, -0.1) is 10.2 Å². The molecular formula is C13H12ClN3O4. The average Bonchev–Trinajstić information content (AvgIpc) is 2.48. The van der Waals surface area contributed by atoms with Gasteiger partial charge in [0.1, 0.15) is 5.75 Å². The van der Waals surface area contributed by atoms with Crippen molar-refractivity contribution in [1.82, 2.24) is 10.2 Å². The molecule has 0 radical (unpaired) electrons. The van der Waals surface area contributed by atoms with Gasteiger partial charge >= 0.3 is 5.69 Å². The fourth-order valence-electron chi connectivity index (χ4n) is 1.61. The molecule has 7 nitrogen and oxygen atoms in total. The maximum atomic E-state index is 11.1. The summed E-state index contributed by atoms with van der Waals surface area (Å²) in [5.41, 5.74) is 1.15. The first-order valence-electron chi connectivity index (χ1n) is 5.93. The topological polar surface area (TPSA) is 87.4 Å². The monoisotopic (exact) mass is 309 g/mol. The van der Waals surface area contributed by atoms with Gasteiger partial charge in [0, 0.05) is 5.56 Å². The van der Waals surface area contributed by atoms with Gasteiger partial charge in [-0.3, -0.25) is 10.1 Å². The van der Waals surface area contributed by atoms with Crippen LogP contribution in [0.1, 0.15) is 11.1 Å². The van der Waals surface area contributed by atoms with Crippen molar-refractivity contribution < 1.29 is 14.4 Å². The number of methoxy groups -OCH3 is 1. The molecule has 0 fully saturated rings. The molecule has 0 atom stereocenters. The Bertz CT molecular complexity index is 706. The number of nitro benzene ring substituents is 1. The van der Waals surface area contributed by atoms with Crippen molar-refractivity contribution in [3.8, 4) is 17.4 Å². The first-order valence-corrected chi connectivity index (χ1v) is 6.31. The molecule has 0 aliphatic carbocycles. The van der Waals surface area contributed by atoms with E-state index >= 15 is 0 Å². The van der Waals surface area contributed by atoms with E-state index in [9.17, 15) is 10.1 Å². The maximum absolute atomic E-state index is 11.1. The van der Waals surface area contributed by atoms with E-state index in [1.165, 1.54) is 19.2 Å². The van der Waals surface area contributed by atoms with E-state index in [4.69, 9.17) is 21.1 Å². The number of ether oxygens (including phenoxy) is 2. The van der Waals surface area contributed by atoms with Crippen molar-refractivity contribution in [2.45, 2.75) is 13.8 Å². The number of benzene rings is 1. The van der Waals surface area contributed by atoms with Crippen LogP contribution in [0.3, 0.4) is 0 Å². The second-order valence-electron chi connectivity index (χ2n) is 4.24. The molecule has 0 saturated heterocycles. The first-order chi connectivity index (χ1) is 9.93. The van der Waals surface area contributed by atoms with Gasteiger partial charge in [0.25, 0.3) is 0 Å². The number of hydrogen-bond donors (Lipinski definition) is 0. The molecule has 1 aromatic carbocycles. The Morgan fingerprint density at radius 3 is 2.57 bits per heavy atom. The quantitative estimate of drug-likeness (QED) is 0.635. The molecule has 2 rings (SSSR count). The van der Waals surface area contributed by atoms with E-state index < -0.39 is 4.92 Å². The third-order valence-electron chi connectivity index (χ3n) is 2.99. The van der Waals surface area contributed by atoms with Crippen molar-refractivity contribution in [3.05, 3.63) is 44.6 Å². The van der Waals surface area contributed by atoms with Crippen LogP contribution in [0.5, 0.6) is 17.4 Å². The van der Waals surface area contributed by atoms with E-state index in [0.29, 0.717) is 16.9 Å². The maximum Gasteiger partial charge on any atom is 0.315 e. The fraction of sp³-hybridized carbons (Fsp3) is 0.231. The Morgan fingerprint density at radius 1 is 1.24 bits per heavy atom. The highest BCUT2D eigenvalue weighted by Crippen LogP contribution is 2.35. The van der Waals surface area contributed by atoms with E-state index in [2.05, 4.69) is 10.2 Å². The third kappa shape index (κ3) is 3.03. The molecule has 1 aromatic heterocycles. The molecular weight excluding hydrogens is 298 g/mol. The van der Waals surface area contributed by atoms with Gasteiger partial charge in [-0.25, -0.2) is 0 Å². The van der Waals surface area contributed by atoms with Crippen LogP contribution >= 0.6 is 11.6 Å². The highest BCUT2D eigenvalue weighted by atomic mass is 35.5. The van der Waals surface area contributed by atoms with E-state index in [1.54, 1.807) is 19.9 Å². The van der Waals surface area contributed by atoms with Crippen LogP contribution in [-0.2, 0) is 0 Å². The Morgan fingerprint density at radius 2 is 1.95 bits per heavy atom. The summed E-state index contributed by atoms with van der Waals surface area (Å²) < 4.78 is 10.5. The molecule has 2 aromatic rings. The summed E-state index contributed by atoms with van der Waals surface area (Å²) in [6.07, 6.45) is 0. The molecule has 0 bridgehead atoms. The molecule has 0 saturated carbocycles. The number of nitro groups is 1. The van der Waals surface area contributed by atoms with Crippen molar-refractivity contribution >= 4 is 17.3 Å². The summed E-state index contributed by atoms with van der Waals surface area (Å²) in [6.45, 7) is 3.52. The molecule has 0 aliphatic rings. The second-order valence-corrected chi connectivity index (χ2v) is 4.60. The first kappa shape index (κ1) is 15.0. The largest absolute Gasteiger partial charge is 0.496 e. The number of rotatable bonds is 4. The minimum Gasteiger partial charge on any atom is -0.496 e. The van der Waals surface area contributed by atoms with Crippen LogP contribution in [0.15, 0.2) is 18.2 Å². The molecule has 0 aliphatic heterocycles. The highest BCUT2D eigenvalue weighted by Gasteiger charge is 2.19. The Balaban J connectivity index is 2.44. The summed E-state index contributed by atoms with van der Waals surface area (Å²) in [5, 5.41) is 18.9. The molecule has 0 unspecified atom stereocenters. The molecule has 0 spiro atoms. The van der Waals surface area contributed by atoms with Crippen molar-refractivity contribution in [2.75, 3.05) is 7.11 Å². The second kappa shape index (κ2) is 5.92. The SMILES string of the molecule is COc1ccc(Oc2nnc(Cl)c(C)c2C)c([N+](=O)[O-])c1. The standard InChI is InChI=1S/C13H12ClN3O4/c1-7-8(2)13(16-15-12(7)14)21-11-5-4-9(20-3)6-10(11)17(18)19/h4-6H,1-3H3. The predicted molar refractivity (Wildman–Crippen MR) is 76.2 cm³/mol. The Kier molecular flexibility index (Phi) is 4.23. The summed E-state index contributed by atoms with van der Waals surface area (Å²) in [5.74, 6) is 0.592. The Labute approximate surface area is 125 Å². The van der Waals surface area contributed by atoms with Crippen LogP contribution in [0.25, 0.3) is 0 Å². The van der Waals surface area contributed by atoms with Crippen LogP contribution in [0, 0.1) is 24.0 Å². The molecule has 0 N–H and O–H groups in total. The van der Waals surface area contributed by atoms with E-state index in [1.807, 2.05) is 0 Å². The summed E-state index contributed by atoms with van der Waals surface area (Å²) >= 11 is 5.86. The molecule has 8 heteroatoms. The van der Waals surface area contributed by atoms with Gasteiger partial charge in [-0.05, 0) is 31.5 Å². The Hall–Kier alpha value is -2.41. The zero-order valence-electron chi connectivity index (χ0n) is 11.6. The molecule has 21 heavy (non-hydrogen) atoms. The number of nitrogens with zero attached hydrogens (tertiary/aromatic N) is 3. The van der Waals surface area contributed by atoms with Crippen LogP contribution < -0.4 is 9.47 Å². The fourth-order valence-corrected chi connectivity index (χ4v) is 1.79. The van der Waals surface area contributed by atoms with Gasteiger partial charge in [0.05, 0.1) is 18.1 Å². The smallest absolute Gasteiger partial charge is 0.315 e. The lowest BCUT2D eigenvalue weighted by atomic mass is 10.2. The van der Waals surface area contributed by atoms with Gasteiger partial charge < -0.3 is 9.47 Å². The average molecular weight is 310 g/mol. The number of halogens is 1. The van der Waals surface area contributed by atoms with Crippen LogP contribution in [-0.4, -0.2) is 22.2 Å². The van der Waals surface area contributed by atoms with E-state index in [-0.39, 0.29) is 22.5 Å². The normalized spacial score (nSPS) is 10.3. The zero-order chi connectivity index (χ0) is 15.6. The van der Waals surface area contributed by atoms with Crippen molar-refractivity contribution in [1.29, 1.82) is 0 Å². The van der Waals surface area contributed by atoms with Crippen LogP contribution in [0.4, 0.5) is 5.69 Å². The van der Waals surface area contributed by atoms with Crippen LogP contribution in [0.2, 0.25) is 5.15 Å². The molecule has 1 heterocycles. The van der Waals surface area contributed by atoms with Crippen molar-refractivity contribution in [2.24, 2.45) is 0 Å². The predicted octanol–water partition coefficient (Wildman–Crippen LogP) is 3.46. The lowest BCUT2D eigenvalue weighted by Gasteiger charge is -2.10. The molecule has 110 valence electrons. The number of aromatic nitrogens is 2. The molecule has 0 amide bonds. The van der Waals surface area contributed by atoms with Gasteiger partial charge in [-0.2, -0.15) is 0 Å². The van der Waals surface area contributed by atoms with Gasteiger partial charge in [-0.1, -0.05) is 11.6 Å². The highest BCUT2D eigenvalue weighted by molar-refractivity contribution is 6.30. The van der Waals surface area contributed by atoms with Gasteiger partial charge in [0.2, 0.25) is 11.6 Å². The lowest BCUT2D eigenvalue weighted by Crippen LogP contribution is -2.00. The summed E-state index contributed by atoms with van der Waals surface area (Å²) in [4.78, 5) is 10.5. The zero-order valence-corrected chi connectivity index (χ0v) is 12.3. The van der Waals surface area contributed by atoms with Gasteiger partial charge in [0.15, 0.2) is 5.15 Å². The number of hydrogen-bond acceptors (Lipinski definition) is 6. The summed E-state index contributed by atoms with van der Waals surface area (Å²) in [6, 6.07) is 4.29. The minimum absolute atomic E-state index is 0.0555.